The van der Waals surface area contributed by atoms with Crippen molar-refractivity contribution in [2.45, 2.75) is 6.54 Å². The lowest BCUT2D eigenvalue weighted by molar-refractivity contribution is -0.112. The number of amides is 1. The van der Waals surface area contributed by atoms with Crippen LogP contribution in [0.1, 0.15) is 21.9 Å². The summed E-state index contributed by atoms with van der Waals surface area (Å²) in [5.74, 6) is -0.344. The Balaban J connectivity index is 1.64. The molecule has 1 amide bonds. The van der Waals surface area contributed by atoms with Crippen molar-refractivity contribution in [2.75, 3.05) is 12.4 Å². The Morgan fingerprint density at radius 3 is 2.64 bits per heavy atom. The average Bonchev–Trinajstić information content (AvgIpc) is 3.43. The van der Waals surface area contributed by atoms with Crippen LogP contribution < -0.4 is 5.32 Å². The zero-order valence-electron chi connectivity index (χ0n) is 17.5. The minimum Gasteiger partial charge on any atom is -0.463 e. The summed E-state index contributed by atoms with van der Waals surface area (Å²) < 4.78 is 13.1. The summed E-state index contributed by atoms with van der Waals surface area (Å²) in [5.41, 5.74) is 2.18. The SMILES string of the molecule is COC(=O)c1ccc(Cn2cc(/C=C(/C#N)C(=O)Nc3ccc(Br)cc3)c3ccccc32)o1. The molecule has 0 spiro atoms. The lowest BCUT2D eigenvalue weighted by Crippen LogP contribution is -2.13. The van der Waals surface area contributed by atoms with Gasteiger partial charge < -0.3 is 19.0 Å². The first-order valence-electron chi connectivity index (χ1n) is 9.92. The van der Waals surface area contributed by atoms with Crippen molar-refractivity contribution < 1.29 is 18.7 Å². The number of carbonyl (C=O) groups is 2. The van der Waals surface area contributed by atoms with E-state index >= 15 is 0 Å². The highest BCUT2D eigenvalue weighted by Gasteiger charge is 2.15. The van der Waals surface area contributed by atoms with Crippen molar-refractivity contribution in [2.24, 2.45) is 0 Å². The van der Waals surface area contributed by atoms with Gasteiger partial charge in [0.25, 0.3) is 5.91 Å². The zero-order chi connectivity index (χ0) is 23.4. The number of anilines is 1. The molecule has 8 heteroatoms. The molecule has 0 atom stereocenters. The molecule has 4 rings (SSSR count). The number of halogens is 1. The fourth-order valence-electron chi connectivity index (χ4n) is 3.40. The summed E-state index contributed by atoms with van der Waals surface area (Å²) in [6.45, 7) is 0.359. The highest BCUT2D eigenvalue weighted by molar-refractivity contribution is 9.10. The lowest BCUT2D eigenvalue weighted by Gasteiger charge is -2.04. The summed E-state index contributed by atoms with van der Waals surface area (Å²) in [6, 6.07) is 20.0. The van der Waals surface area contributed by atoms with E-state index in [4.69, 9.17) is 4.42 Å². The standard InChI is InChI=1S/C25H18BrN3O4/c1-32-25(31)23-11-10-20(33-23)15-29-14-17(21-4-2-3-5-22(21)29)12-16(13-27)24(30)28-19-8-6-18(26)7-9-19/h2-12,14H,15H2,1H3,(H,28,30)/b16-12-. The molecular weight excluding hydrogens is 486 g/mol. The molecule has 0 unspecified atom stereocenters. The van der Waals surface area contributed by atoms with E-state index in [0.717, 1.165) is 15.4 Å². The molecule has 0 aliphatic carbocycles. The first kappa shape index (κ1) is 22.1. The third-order valence-corrected chi connectivity index (χ3v) is 5.49. The summed E-state index contributed by atoms with van der Waals surface area (Å²) in [7, 11) is 1.29. The van der Waals surface area contributed by atoms with Crippen LogP contribution in [0.4, 0.5) is 5.69 Å². The molecule has 2 heterocycles. The number of aromatic nitrogens is 1. The number of carbonyl (C=O) groups excluding carboxylic acids is 2. The molecule has 2 aromatic carbocycles. The highest BCUT2D eigenvalue weighted by Crippen LogP contribution is 2.25. The Morgan fingerprint density at radius 2 is 1.91 bits per heavy atom. The fourth-order valence-corrected chi connectivity index (χ4v) is 3.66. The van der Waals surface area contributed by atoms with E-state index in [1.54, 1.807) is 42.5 Å². The van der Waals surface area contributed by atoms with Gasteiger partial charge >= 0.3 is 5.97 Å². The number of fused-ring (bicyclic) bond motifs is 1. The predicted octanol–water partition coefficient (Wildman–Crippen LogP) is 5.38. The molecule has 0 radical (unpaired) electrons. The van der Waals surface area contributed by atoms with Gasteiger partial charge in [0.2, 0.25) is 5.76 Å². The van der Waals surface area contributed by atoms with E-state index in [1.165, 1.54) is 7.11 Å². The third-order valence-electron chi connectivity index (χ3n) is 4.96. The highest BCUT2D eigenvalue weighted by atomic mass is 79.9. The first-order chi connectivity index (χ1) is 16.0. The molecule has 164 valence electrons. The molecule has 0 saturated carbocycles. The second kappa shape index (κ2) is 9.59. The van der Waals surface area contributed by atoms with Crippen molar-refractivity contribution in [3.05, 3.63) is 94.0 Å². The molecule has 0 bridgehead atoms. The minimum absolute atomic E-state index is 0.0215. The second-order valence-corrected chi connectivity index (χ2v) is 8.03. The number of ether oxygens (including phenoxy) is 1. The number of nitrogens with one attached hydrogen (secondary N) is 1. The van der Waals surface area contributed by atoms with Crippen LogP contribution in [0.3, 0.4) is 0 Å². The van der Waals surface area contributed by atoms with Gasteiger partial charge in [0.1, 0.15) is 17.4 Å². The summed E-state index contributed by atoms with van der Waals surface area (Å²) in [6.07, 6.45) is 3.41. The van der Waals surface area contributed by atoms with E-state index in [9.17, 15) is 14.9 Å². The topological polar surface area (TPSA) is 97.3 Å². The Bertz CT molecular complexity index is 1410. The number of rotatable bonds is 6. The number of hydrogen-bond donors (Lipinski definition) is 1. The normalized spacial score (nSPS) is 11.2. The molecular formula is C25H18BrN3O4. The molecule has 0 fully saturated rings. The van der Waals surface area contributed by atoms with Gasteiger partial charge in [0, 0.05) is 32.8 Å². The summed E-state index contributed by atoms with van der Waals surface area (Å²) in [4.78, 5) is 24.3. The first-order valence-corrected chi connectivity index (χ1v) is 10.7. The minimum atomic E-state index is -0.544. The zero-order valence-corrected chi connectivity index (χ0v) is 19.1. The monoisotopic (exact) mass is 503 g/mol. The van der Waals surface area contributed by atoms with E-state index < -0.39 is 11.9 Å². The smallest absolute Gasteiger partial charge is 0.373 e. The maximum Gasteiger partial charge on any atom is 0.373 e. The van der Waals surface area contributed by atoms with E-state index in [0.29, 0.717) is 23.6 Å². The van der Waals surface area contributed by atoms with E-state index in [1.807, 2.05) is 41.1 Å². The number of nitriles is 1. The Morgan fingerprint density at radius 1 is 1.15 bits per heavy atom. The molecule has 0 aliphatic rings. The molecule has 4 aromatic rings. The van der Waals surface area contributed by atoms with Crippen molar-refractivity contribution >= 4 is 50.5 Å². The van der Waals surface area contributed by atoms with Gasteiger partial charge in [-0.2, -0.15) is 5.26 Å². The predicted molar refractivity (Wildman–Crippen MR) is 127 cm³/mol. The average molecular weight is 504 g/mol. The number of furan rings is 1. The fraction of sp³-hybridized carbons (Fsp3) is 0.0800. The number of methoxy groups -OCH3 is 1. The van der Waals surface area contributed by atoms with Crippen molar-refractivity contribution in [3.63, 3.8) is 0 Å². The molecule has 1 N–H and O–H groups in total. The van der Waals surface area contributed by atoms with Gasteiger partial charge in [0.05, 0.1) is 13.7 Å². The molecule has 33 heavy (non-hydrogen) atoms. The lowest BCUT2D eigenvalue weighted by atomic mass is 10.1. The number of benzene rings is 2. The molecule has 2 aromatic heterocycles. The molecule has 7 nitrogen and oxygen atoms in total. The van der Waals surface area contributed by atoms with Gasteiger partial charge in [-0.3, -0.25) is 4.79 Å². The second-order valence-electron chi connectivity index (χ2n) is 7.12. The Labute approximate surface area is 198 Å². The van der Waals surface area contributed by atoms with Crippen LogP contribution in [0.5, 0.6) is 0 Å². The van der Waals surface area contributed by atoms with E-state index in [-0.39, 0.29) is 11.3 Å². The third kappa shape index (κ3) is 4.89. The molecule has 0 aliphatic heterocycles. The van der Waals surface area contributed by atoms with Crippen LogP contribution in [0.2, 0.25) is 0 Å². The van der Waals surface area contributed by atoms with Crippen molar-refractivity contribution in [3.8, 4) is 6.07 Å². The van der Waals surface area contributed by atoms with Crippen LogP contribution >= 0.6 is 15.9 Å². The van der Waals surface area contributed by atoms with E-state index in [2.05, 4.69) is 26.0 Å². The van der Waals surface area contributed by atoms with Gasteiger partial charge in [-0.15, -0.1) is 0 Å². The van der Waals surface area contributed by atoms with Crippen LogP contribution in [0, 0.1) is 11.3 Å². The van der Waals surface area contributed by atoms with Gasteiger partial charge in [-0.05, 0) is 48.5 Å². The maximum absolute atomic E-state index is 12.7. The molecule has 0 saturated heterocycles. The van der Waals surface area contributed by atoms with Gasteiger partial charge in [0.15, 0.2) is 0 Å². The van der Waals surface area contributed by atoms with Gasteiger partial charge in [-0.25, -0.2) is 4.79 Å². The van der Waals surface area contributed by atoms with Crippen molar-refractivity contribution in [1.82, 2.24) is 4.57 Å². The quantitative estimate of drug-likeness (QED) is 0.216. The number of esters is 1. The number of nitrogens with zero attached hydrogens (tertiary/aromatic N) is 2. The Kier molecular flexibility index (Phi) is 6.43. The summed E-state index contributed by atoms with van der Waals surface area (Å²) >= 11 is 3.35. The van der Waals surface area contributed by atoms with Crippen LogP contribution in [-0.4, -0.2) is 23.6 Å². The Hall–Kier alpha value is -4.09. The van der Waals surface area contributed by atoms with Crippen molar-refractivity contribution in [1.29, 1.82) is 5.26 Å². The largest absolute Gasteiger partial charge is 0.463 e. The van der Waals surface area contributed by atoms with Crippen LogP contribution in [-0.2, 0) is 16.1 Å². The summed E-state index contributed by atoms with van der Waals surface area (Å²) in [5, 5.41) is 13.2. The van der Waals surface area contributed by atoms with Crippen LogP contribution in [0.25, 0.3) is 17.0 Å². The maximum atomic E-state index is 12.7. The van der Waals surface area contributed by atoms with Crippen LogP contribution in [0.15, 0.2) is 81.3 Å². The van der Waals surface area contributed by atoms with Gasteiger partial charge in [-0.1, -0.05) is 34.1 Å². The number of hydrogen-bond acceptors (Lipinski definition) is 5. The number of para-hydroxylation sites is 1.